The number of aryl methyl sites for hydroxylation is 1. The Bertz CT molecular complexity index is 649. The highest BCUT2D eigenvalue weighted by molar-refractivity contribution is 5.92. The molecule has 3 N–H and O–H groups in total. The number of carbonyl (C=O) groups excluding carboxylic acids is 2. The molecule has 114 valence electrons. The maximum absolute atomic E-state index is 12.0. The molecule has 0 aliphatic rings. The van der Waals surface area contributed by atoms with Gasteiger partial charge in [-0.05, 0) is 36.8 Å². The topological polar surface area (TPSA) is 81.4 Å². The van der Waals surface area contributed by atoms with Crippen molar-refractivity contribution in [2.75, 3.05) is 11.9 Å². The normalized spacial score (nSPS) is 10.0. The first-order valence-electron chi connectivity index (χ1n) is 6.89. The lowest BCUT2D eigenvalue weighted by atomic mass is 10.1. The standard InChI is InChI=1S/C17H18N2O3/c1-12-2-4-13(5-3-12)10-17(21)19-14-6-8-15(9-7-14)22-11-16(18)20/h2-9H,10-11H2,1H3,(H2,18,20)(H,19,21). The van der Waals surface area contributed by atoms with E-state index in [1.165, 1.54) is 0 Å². The summed E-state index contributed by atoms with van der Waals surface area (Å²) in [5.41, 5.74) is 7.79. The van der Waals surface area contributed by atoms with Crippen molar-refractivity contribution >= 4 is 17.5 Å². The third-order valence-corrected chi connectivity index (χ3v) is 3.00. The molecule has 22 heavy (non-hydrogen) atoms. The van der Waals surface area contributed by atoms with Crippen molar-refractivity contribution in [2.45, 2.75) is 13.3 Å². The fourth-order valence-corrected chi connectivity index (χ4v) is 1.89. The van der Waals surface area contributed by atoms with Gasteiger partial charge in [0.15, 0.2) is 6.61 Å². The number of ether oxygens (including phenoxy) is 1. The largest absolute Gasteiger partial charge is 0.484 e. The van der Waals surface area contributed by atoms with Gasteiger partial charge in [-0.2, -0.15) is 0 Å². The van der Waals surface area contributed by atoms with Crippen LogP contribution in [0.5, 0.6) is 5.75 Å². The van der Waals surface area contributed by atoms with E-state index in [0.717, 1.165) is 11.1 Å². The molecule has 5 heteroatoms. The molecule has 0 radical (unpaired) electrons. The van der Waals surface area contributed by atoms with Crippen LogP contribution in [0.3, 0.4) is 0 Å². The number of rotatable bonds is 6. The van der Waals surface area contributed by atoms with E-state index in [9.17, 15) is 9.59 Å². The van der Waals surface area contributed by atoms with Crippen molar-refractivity contribution in [3.63, 3.8) is 0 Å². The van der Waals surface area contributed by atoms with Gasteiger partial charge >= 0.3 is 0 Å². The number of hydrogen-bond acceptors (Lipinski definition) is 3. The van der Waals surface area contributed by atoms with Crippen LogP contribution in [0.15, 0.2) is 48.5 Å². The molecule has 0 heterocycles. The molecule has 0 saturated heterocycles. The average Bonchev–Trinajstić information content (AvgIpc) is 2.49. The summed E-state index contributed by atoms with van der Waals surface area (Å²) >= 11 is 0. The number of carbonyl (C=O) groups is 2. The summed E-state index contributed by atoms with van der Waals surface area (Å²) in [6.07, 6.45) is 0.320. The zero-order chi connectivity index (χ0) is 15.9. The highest BCUT2D eigenvalue weighted by atomic mass is 16.5. The lowest BCUT2D eigenvalue weighted by molar-refractivity contribution is -0.120. The van der Waals surface area contributed by atoms with E-state index in [-0.39, 0.29) is 12.5 Å². The minimum atomic E-state index is -0.532. The number of nitrogens with one attached hydrogen (secondary N) is 1. The third kappa shape index (κ3) is 4.94. The van der Waals surface area contributed by atoms with Crippen LogP contribution < -0.4 is 15.8 Å². The van der Waals surface area contributed by atoms with Crippen LogP contribution in [0.4, 0.5) is 5.69 Å². The van der Waals surface area contributed by atoms with Crippen molar-refractivity contribution in [1.29, 1.82) is 0 Å². The van der Waals surface area contributed by atoms with E-state index in [4.69, 9.17) is 10.5 Å². The van der Waals surface area contributed by atoms with Gasteiger partial charge in [0, 0.05) is 5.69 Å². The Morgan fingerprint density at radius 1 is 1.05 bits per heavy atom. The SMILES string of the molecule is Cc1ccc(CC(=O)Nc2ccc(OCC(N)=O)cc2)cc1. The van der Waals surface area contributed by atoms with Gasteiger partial charge in [0.2, 0.25) is 5.91 Å². The van der Waals surface area contributed by atoms with Crippen molar-refractivity contribution in [2.24, 2.45) is 5.73 Å². The van der Waals surface area contributed by atoms with E-state index in [2.05, 4.69) is 5.32 Å². The van der Waals surface area contributed by atoms with Crippen molar-refractivity contribution in [3.8, 4) is 5.75 Å². The molecule has 0 atom stereocenters. The average molecular weight is 298 g/mol. The van der Waals surface area contributed by atoms with Gasteiger partial charge in [0.25, 0.3) is 5.91 Å². The number of benzene rings is 2. The predicted octanol–water partition coefficient (Wildman–Crippen LogP) is 2.04. The van der Waals surface area contributed by atoms with Gasteiger partial charge in [-0.1, -0.05) is 29.8 Å². The van der Waals surface area contributed by atoms with Crippen LogP contribution in [-0.4, -0.2) is 18.4 Å². The predicted molar refractivity (Wildman–Crippen MR) is 84.6 cm³/mol. The molecular formula is C17H18N2O3. The Balaban J connectivity index is 1.88. The summed E-state index contributed by atoms with van der Waals surface area (Å²) in [6.45, 7) is 1.84. The molecule has 0 aliphatic heterocycles. The van der Waals surface area contributed by atoms with E-state index in [1.807, 2.05) is 31.2 Å². The zero-order valence-corrected chi connectivity index (χ0v) is 12.3. The summed E-state index contributed by atoms with van der Waals surface area (Å²) in [7, 11) is 0. The first kappa shape index (κ1) is 15.6. The minimum Gasteiger partial charge on any atom is -0.484 e. The highest BCUT2D eigenvalue weighted by Gasteiger charge is 2.04. The zero-order valence-electron chi connectivity index (χ0n) is 12.3. The first-order valence-corrected chi connectivity index (χ1v) is 6.89. The van der Waals surface area contributed by atoms with E-state index >= 15 is 0 Å². The van der Waals surface area contributed by atoms with Crippen LogP contribution >= 0.6 is 0 Å². The molecule has 2 rings (SSSR count). The lowest BCUT2D eigenvalue weighted by Gasteiger charge is -2.07. The lowest BCUT2D eigenvalue weighted by Crippen LogP contribution is -2.20. The number of primary amides is 1. The number of hydrogen-bond donors (Lipinski definition) is 2. The van der Waals surface area contributed by atoms with Gasteiger partial charge in [-0.25, -0.2) is 0 Å². The number of anilines is 1. The molecule has 0 spiro atoms. The Morgan fingerprint density at radius 3 is 2.27 bits per heavy atom. The van der Waals surface area contributed by atoms with Crippen molar-refractivity contribution in [3.05, 3.63) is 59.7 Å². The molecular weight excluding hydrogens is 280 g/mol. The quantitative estimate of drug-likeness (QED) is 0.856. The highest BCUT2D eigenvalue weighted by Crippen LogP contribution is 2.16. The second-order valence-electron chi connectivity index (χ2n) is 4.99. The second kappa shape index (κ2) is 7.26. The van der Waals surface area contributed by atoms with Gasteiger partial charge in [-0.3, -0.25) is 9.59 Å². The third-order valence-electron chi connectivity index (χ3n) is 3.00. The fraction of sp³-hybridized carbons (Fsp3) is 0.176. The molecule has 5 nitrogen and oxygen atoms in total. The van der Waals surface area contributed by atoms with Gasteiger partial charge in [0.05, 0.1) is 6.42 Å². The maximum Gasteiger partial charge on any atom is 0.255 e. The van der Waals surface area contributed by atoms with Crippen LogP contribution in [0.2, 0.25) is 0 Å². The van der Waals surface area contributed by atoms with Gasteiger partial charge in [-0.15, -0.1) is 0 Å². The first-order chi connectivity index (χ1) is 10.5. The second-order valence-corrected chi connectivity index (χ2v) is 4.99. The van der Waals surface area contributed by atoms with Crippen molar-refractivity contribution < 1.29 is 14.3 Å². The number of nitrogens with two attached hydrogens (primary N) is 1. The van der Waals surface area contributed by atoms with Crippen LogP contribution in [0.25, 0.3) is 0 Å². The summed E-state index contributed by atoms with van der Waals surface area (Å²) in [4.78, 5) is 22.6. The van der Waals surface area contributed by atoms with E-state index in [0.29, 0.717) is 17.9 Å². The summed E-state index contributed by atoms with van der Waals surface area (Å²) in [6, 6.07) is 14.6. The smallest absolute Gasteiger partial charge is 0.255 e. The molecule has 2 amide bonds. The molecule has 0 unspecified atom stereocenters. The number of amides is 2. The van der Waals surface area contributed by atoms with E-state index in [1.54, 1.807) is 24.3 Å². The molecule has 0 aromatic heterocycles. The summed E-state index contributed by atoms with van der Waals surface area (Å²) < 4.78 is 5.15. The Morgan fingerprint density at radius 2 is 1.68 bits per heavy atom. The van der Waals surface area contributed by atoms with Gasteiger partial charge in [0.1, 0.15) is 5.75 Å². The van der Waals surface area contributed by atoms with E-state index < -0.39 is 5.91 Å². The van der Waals surface area contributed by atoms with Gasteiger partial charge < -0.3 is 15.8 Å². The Kier molecular flexibility index (Phi) is 5.14. The fourth-order valence-electron chi connectivity index (χ4n) is 1.89. The van der Waals surface area contributed by atoms with Crippen molar-refractivity contribution in [1.82, 2.24) is 0 Å². The van der Waals surface area contributed by atoms with Crippen LogP contribution in [-0.2, 0) is 16.0 Å². The molecule has 0 saturated carbocycles. The summed E-state index contributed by atoms with van der Waals surface area (Å²) in [5, 5.41) is 2.81. The minimum absolute atomic E-state index is 0.0883. The van der Waals surface area contributed by atoms with Crippen LogP contribution in [0.1, 0.15) is 11.1 Å². The summed E-state index contributed by atoms with van der Waals surface area (Å²) in [5.74, 6) is -0.0968. The monoisotopic (exact) mass is 298 g/mol. The molecule has 0 bridgehead atoms. The van der Waals surface area contributed by atoms with Crippen LogP contribution in [0, 0.1) is 6.92 Å². The molecule has 0 fully saturated rings. The molecule has 2 aromatic carbocycles. The maximum atomic E-state index is 12.0. The Hall–Kier alpha value is -2.82. The Labute approximate surface area is 129 Å². The molecule has 2 aromatic rings. The molecule has 0 aliphatic carbocycles.